The summed E-state index contributed by atoms with van der Waals surface area (Å²) in [7, 11) is 0. The molecule has 3 aromatic rings. The number of hydrazone groups is 1. The van der Waals surface area contributed by atoms with E-state index in [4.69, 9.17) is 5.10 Å². The van der Waals surface area contributed by atoms with E-state index in [1.807, 2.05) is 48.7 Å². The van der Waals surface area contributed by atoms with E-state index in [-0.39, 0.29) is 22.9 Å². The van der Waals surface area contributed by atoms with Crippen LogP contribution in [-0.2, 0) is 11.2 Å². The normalized spacial score (nSPS) is 19.9. The van der Waals surface area contributed by atoms with Crippen LogP contribution in [0.2, 0.25) is 0 Å². The number of allylic oxidation sites excluding steroid dienone is 2. The second kappa shape index (κ2) is 9.58. The Morgan fingerprint density at radius 1 is 1.06 bits per heavy atom. The minimum atomic E-state index is -0.341. The van der Waals surface area contributed by atoms with Crippen molar-refractivity contribution < 1.29 is 9.90 Å². The minimum absolute atomic E-state index is 0.0313. The maximum Gasteiger partial charge on any atom is 0.257 e. The molecule has 4 heterocycles. The van der Waals surface area contributed by atoms with Crippen LogP contribution in [0.4, 0.5) is 0 Å². The van der Waals surface area contributed by atoms with E-state index in [1.165, 1.54) is 4.91 Å². The number of nitrogens with zero attached hydrogens (tertiary/aromatic N) is 4. The molecule has 166 valence electrons. The second-order valence-electron chi connectivity index (χ2n) is 8.08. The second-order valence-corrected chi connectivity index (χ2v) is 9.41. The van der Waals surface area contributed by atoms with Crippen molar-refractivity contribution in [3.05, 3.63) is 101 Å². The number of benzene rings is 1. The smallest absolute Gasteiger partial charge is 0.257 e. The third kappa shape index (κ3) is 4.68. The predicted octanol–water partition coefficient (Wildman–Crippen LogP) is 4.88. The van der Waals surface area contributed by atoms with Gasteiger partial charge in [-0.05, 0) is 48.4 Å². The van der Waals surface area contributed by atoms with E-state index in [2.05, 4.69) is 16.0 Å². The van der Waals surface area contributed by atoms with Gasteiger partial charge in [0, 0.05) is 41.8 Å². The molecule has 0 saturated heterocycles. The summed E-state index contributed by atoms with van der Waals surface area (Å²) in [5.41, 5.74) is 3.45. The topological polar surface area (TPSA) is 78.7 Å². The van der Waals surface area contributed by atoms with E-state index in [0.717, 1.165) is 29.8 Å². The number of hydrogen-bond donors (Lipinski definition) is 1. The molecule has 0 spiro atoms. The minimum Gasteiger partial charge on any atom is -0.508 e. The van der Waals surface area contributed by atoms with E-state index in [1.54, 1.807) is 41.3 Å². The molecule has 6 nitrogen and oxygen atoms in total. The van der Waals surface area contributed by atoms with Gasteiger partial charge in [0.2, 0.25) is 0 Å². The van der Waals surface area contributed by atoms with Gasteiger partial charge in [-0.25, -0.2) is 5.01 Å². The highest BCUT2D eigenvalue weighted by molar-refractivity contribution is 8.04. The van der Waals surface area contributed by atoms with Crippen molar-refractivity contribution in [3.63, 3.8) is 0 Å². The highest BCUT2D eigenvalue weighted by atomic mass is 32.2. The maximum atomic E-state index is 13.6. The molecule has 0 saturated carbocycles. The van der Waals surface area contributed by atoms with Crippen LogP contribution in [0.5, 0.6) is 5.75 Å². The highest BCUT2D eigenvalue weighted by Crippen LogP contribution is 2.41. The summed E-state index contributed by atoms with van der Waals surface area (Å²) >= 11 is 1.62. The maximum absolute atomic E-state index is 13.6. The standard InChI is InChI=1S/C26H24N4O2S/c31-24-9-2-1-8-21(24)23-16-22(18-6-5-14-27-17-18)29-30(23)26(32)25-13-12-20(33-25)11-10-19-7-3-4-15-28-19/h1-9,12,14-15,17,23,25,31H,10-11,13,16H2. The van der Waals surface area contributed by atoms with Gasteiger partial charge >= 0.3 is 0 Å². The van der Waals surface area contributed by atoms with Crippen molar-refractivity contribution in [1.82, 2.24) is 15.0 Å². The molecule has 7 heteroatoms. The van der Waals surface area contributed by atoms with Gasteiger partial charge in [0.25, 0.3) is 5.91 Å². The Hall–Kier alpha value is -3.45. The number of aromatic hydroxyl groups is 1. The van der Waals surface area contributed by atoms with Crippen LogP contribution in [0.15, 0.2) is 89.3 Å². The molecule has 0 fully saturated rings. The van der Waals surface area contributed by atoms with Gasteiger partial charge in [-0.15, -0.1) is 11.8 Å². The first kappa shape index (κ1) is 21.4. The van der Waals surface area contributed by atoms with E-state index in [9.17, 15) is 9.90 Å². The molecule has 0 bridgehead atoms. The first-order valence-corrected chi connectivity index (χ1v) is 11.9. The molecule has 2 unspecified atom stereocenters. The number of amides is 1. The molecule has 33 heavy (non-hydrogen) atoms. The van der Waals surface area contributed by atoms with Crippen LogP contribution < -0.4 is 0 Å². The number of phenols is 1. The first-order chi connectivity index (χ1) is 16.2. The Balaban J connectivity index is 1.33. The number of para-hydroxylation sites is 1. The number of rotatable bonds is 6. The van der Waals surface area contributed by atoms with Gasteiger partial charge in [0.05, 0.1) is 17.0 Å². The van der Waals surface area contributed by atoms with Crippen molar-refractivity contribution in [1.29, 1.82) is 0 Å². The number of thioether (sulfide) groups is 1. The van der Waals surface area contributed by atoms with Crippen molar-refractivity contribution >= 4 is 23.4 Å². The summed E-state index contributed by atoms with van der Waals surface area (Å²) in [6, 6.07) is 16.6. The van der Waals surface area contributed by atoms with E-state index >= 15 is 0 Å². The molecule has 1 aromatic carbocycles. The summed E-state index contributed by atoms with van der Waals surface area (Å²) in [5, 5.41) is 16.6. The molecular weight excluding hydrogens is 432 g/mol. The van der Waals surface area contributed by atoms with Crippen LogP contribution in [0, 0.1) is 0 Å². The summed E-state index contributed by atoms with van der Waals surface area (Å²) in [5.74, 6) is 0.146. The molecule has 2 aliphatic rings. The Morgan fingerprint density at radius 2 is 1.94 bits per heavy atom. The van der Waals surface area contributed by atoms with Gasteiger partial charge in [0.15, 0.2) is 0 Å². The molecular formula is C26H24N4O2S. The number of carbonyl (C=O) groups is 1. The lowest BCUT2D eigenvalue weighted by Gasteiger charge is -2.25. The SMILES string of the molecule is O=C(C1CC=C(CCc2ccccn2)S1)N1N=C(c2cccnc2)CC1c1ccccc1O. The fraction of sp³-hybridized carbons (Fsp3) is 0.231. The van der Waals surface area contributed by atoms with Crippen molar-refractivity contribution in [2.24, 2.45) is 5.10 Å². The van der Waals surface area contributed by atoms with Gasteiger partial charge in [0.1, 0.15) is 5.75 Å². The van der Waals surface area contributed by atoms with E-state index in [0.29, 0.717) is 18.4 Å². The summed E-state index contributed by atoms with van der Waals surface area (Å²) in [4.78, 5) is 23.4. The van der Waals surface area contributed by atoms with Crippen LogP contribution in [-0.4, -0.2) is 37.0 Å². The number of aromatic nitrogens is 2. The number of phenolic OH excluding ortho intramolecular Hbond substituents is 1. The van der Waals surface area contributed by atoms with Gasteiger partial charge in [-0.2, -0.15) is 5.10 Å². The average molecular weight is 457 g/mol. The quantitative estimate of drug-likeness (QED) is 0.572. The van der Waals surface area contributed by atoms with Gasteiger partial charge in [-0.3, -0.25) is 14.8 Å². The van der Waals surface area contributed by atoms with Crippen molar-refractivity contribution in [2.75, 3.05) is 0 Å². The molecule has 0 aliphatic carbocycles. The molecule has 0 radical (unpaired) electrons. The van der Waals surface area contributed by atoms with E-state index < -0.39 is 0 Å². The van der Waals surface area contributed by atoms with Crippen LogP contribution in [0.25, 0.3) is 0 Å². The fourth-order valence-corrected chi connectivity index (χ4v) is 5.39. The van der Waals surface area contributed by atoms with Crippen LogP contribution in [0.3, 0.4) is 0 Å². The monoisotopic (exact) mass is 456 g/mol. The number of pyridine rings is 2. The lowest BCUT2D eigenvalue weighted by atomic mass is 9.98. The van der Waals surface area contributed by atoms with Crippen molar-refractivity contribution in [3.8, 4) is 5.75 Å². The Labute approximate surface area is 197 Å². The molecule has 2 atom stereocenters. The molecule has 1 N–H and O–H groups in total. The fourth-order valence-electron chi connectivity index (χ4n) is 4.21. The zero-order valence-corrected chi connectivity index (χ0v) is 18.9. The molecule has 2 aromatic heterocycles. The number of aryl methyl sites for hydroxylation is 1. The first-order valence-electron chi connectivity index (χ1n) is 11.0. The Kier molecular flexibility index (Phi) is 6.21. The summed E-state index contributed by atoms with van der Waals surface area (Å²) < 4.78 is 0. The van der Waals surface area contributed by atoms with Crippen LogP contribution in [0.1, 0.15) is 42.1 Å². The predicted molar refractivity (Wildman–Crippen MR) is 130 cm³/mol. The largest absolute Gasteiger partial charge is 0.508 e. The average Bonchev–Trinajstić information content (AvgIpc) is 3.52. The molecule has 5 rings (SSSR count). The highest BCUT2D eigenvalue weighted by Gasteiger charge is 2.38. The third-order valence-corrected chi connectivity index (χ3v) is 7.26. The lowest BCUT2D eigenvalue weighted by Crippen LogP contribution is -2.33. The lowest BCUT2D eigenvalue weighted by molar-refractivity contribution is -0.132. The van der Waals surface area contributed by atoms with Crippen LogP contribution >= 0.6 is 11.8 Å². The molecule has 1 amide bonds. The third-order valence-electron chi connectivity index (χ3n) is 5.91. The summed E-state index contributed by atoms with van der Waals surface area (Å²) in [6.45, 7) is 0. The number of carbonyl (C=O) groups excluding carboxylic acids is 1. The number of hydrogen-bond acceptors (Lipinski definition) is 6. The van der Waals surface area contributed by atoms with Gasteiger partial charge < -0.3 is 5.11 Å². The zero-order valence-electron chi connectivity index (χ0n) is 18.0. The molecule has 2 aliphatic heterocycles. The zero-order chi connectivity index (χ0) is 22.6. The Bertz CT molecular complexity index is 1200. The Morgan fingerprint density at radius 3 is 2.73 bits per heavy atom. The summed E-state index contributed by atoms with van der Waals surface area (Å²) in [6.07, 6.45) is 10.4. The van der Waals surface area contributed by atoms with Crippen molar-refractivity contribution in [2.45, 2.75) is 37.0 Å². The van der Waals surface area contributed by atoms with Gasteiger partial charge in [-0.1, -0.05) is 36.4 Å².